The maximum Gasteiger partial charge on any atom is 0.309 e. The van der Waals surface area contributed by atoms with Crippen LogP contribution in [0.1, 0.15) is 11.5 Å². The summed E-state index contributed by atoms with van der Waals surface area (Å²) in [4.78, 5) is 18.5. The van der Waals surface area contributed by atoms with Gasteiger partial charge in [-0.15, -0.1) is 11.8 Å². The normalized spacial score (nSPS) is 10.0. The minimum atomic E-state index is -0.870. The first-order valence-corrected chi connectivity index (χ1v) is 4.94. The van der Waals surface area contributed by atoms with Gasteiger partial charge in [0.05, 0.1) is 17.1 Å². The molecule has 1 rings (SSSR count). The van der Waals surface area contributed by atoms with Gasteiger partial charge in [0.2, 0.25) is 0 Å². The first kappa shape index (κ1) is 9.98. The summed E-state index contributed by atoms with van der Waals surface area (Å²) in [5.41, 5.74) is 0.560. The molecule has 0 atom stereocenters. The Morgan fingerprint density at radius 2 is 2.31 bits per heavy atom. The molecule has 1 aromatic rings. The highest BCUT2D eigenvalue weighted by Crippen LogP contribution is 2.12. The van der Waals surface area contributed by atoms with Crippen molar-refractivity contribution in [3.05, 3.63) is 17.6 Å². The highest BCUT2D eigenvalue weighted by atomic mass is 32.2. The van der Waals surface area contributed by atoms with Gasteiger partial charge >= 0.3 is 5.97 Å². The van der Waals surface area contributed by atoms with E-state index in [9.17, 15) is 4.79 Å². The quantitative estimate of drug-likeness (QED) is 0.582. The van der Waals surface area contributed by atoms with Crippen LogP contribution in [0.5, 0.6) is 0 Å². The summed E-state index contributed by atoms with van der Waals surface area (Å²) in [5, 5.41) is 9.36. The van der Waals surface area contributed by atoms with Crippen LogP contribution in [-0.2, 0) is 11.2 Å². The van der Waals surface area contributed by atoms with E-state index in [-0.39, 0.29) is 6.42 Å². The van der Waals surface area contributed by atoms with E-state index in [4.69, 9.17) is 5.11 Å². The van der Waals surface area contributed by atoms with Crippen LogP contribution in [0, 0.1) is 6.92 Å². The van der Waals surface area contributed by atoms with Gasteiger partial charge in [-0.2, -0.15) is 0 Å². The molecule has 0 saturated carbocycles. The van der Waals surface area contributed by atoms with Crippen LogP contribution in [0.3, 0.4) is 0 Å². The lowest BCUT2D eigenvalue weighted by molar-refractivity contribution is -0.136. The summed E-state index contributed by atoms with van der Waals surface area (Å²) in [6, 6.07) is 1.70. The second-order valence-corrected chi connectivity index (χ2v) is 3.35. The molecular weight excluding hydrogens is 188 g/mol. The summed E-state index contributed by atoms with van der Waals surface area (Å²) in [5.74, 6) is -0.256. The van der Waals surface area contributed by atoms with Crippen LogP contribution in [0.15, 0.2) is 11.1 Å². The van der Waals surface area contributed by atoms with E-state index in [0.717, 1.165) is 5.03 Å². The zero-order chi connectivity index (χ0) is 9.84. The number of carboxylic acids is 1. The summed E-state index contributed by atoms with van der Waals surface area (Å²) in [7, 11) is 0. The van der Waals surface area contributed by atoms with Gasteiger partial charge in [0, 0.05) is 0 Å². The Morgan fingerprint density at radius 1 is 1.62 bits per heavy atom. The van der Waals surface area contributed by atoms with E-state index in [2.05, 4.69) is 9.97 Å². The maximum absolute atomic E-state index is 10.4. The average molecular weight is 198 g/mol. The number of carbonyl (C=O) groups is 1. The van der Waals surface area contributed by atoms with Crippen molar-refractivity contribution in [3.8, 4) is 0 Å². The van der Waals surface area contributed by atoms with E-state index in [1.165, 1.54) is 11.8 Å². The number of aliphatic carboxylic acids is 1. The maximum atomic E-state index is 10.4. The van der Waals surface area contributed by atoms with Crippen molar-refractivity contribution in [3.63, 3.8) is 0 Å². The summed E-state index contributed by atoms with van der Waals surface area (Å²) >= 11 is 1.48. The van der Waals surface area contributed by atoms with Crippen molar-refractivity contribution in [2.24, 2.45) is 0 Å². The molecule has 0 unspecified atom stereocenters. The molecule has 0 fully saturated rings. The van der Waals surface area contributed by atoms with Crippen LogP contribution >= 0.6 is 11.8 Å². The van der Waals surface area contributed by atoms with Crippen LogP contribution < -0.4 is 0 Å². The third kappa shape index (κ3) is 3.02. The van der Waals surface area contributed by atoms with Crippen LogP contribution in [0.4, 0.5) is 0 Å². The largest absolute Gasteiger partial charge is 0.481 e. The fraction of sp³-hybridized carbons (Fsp3) is 0.375. The molecule has 0 bridgehead atoms. The number of rotatable bonds is 3. The van der Waals surface area contributed by atoms with Crippen LogP contribution in [0.25, 0.3) is 0 Å². The Kier molecular flexibility index (Phi) is 3.25. The molecule has 70 valence electrons. The van der Waals surface area contributed by atoms with Gasteiger partial charge in [0.25, 0.3) is 0 Å². The highest BCUT2D eigenvalue weighted by molar-refractivity contribution is 7.98. The van der Waals surface area contributed by atoms with E-state index in [0.29, 0.717) is 11.5 Å². The number of hydrogen-bond donors (Lipinski definition) is 1. The van der Waals surface area contributed by atoms with Crippen molar-refractivity contribution >= 4 is 17.7 Å². The Morgan fingerprint density at radius 3 is 2.85 bits per heavy atom. The molecule has 4 nitrogen and oxygen atoms in total. The van der Waals surface area contributed by atoms with E-state index >= 15 is 0 Å². The molecule has 0 radical (unpaired) electrons. The Bertz CT molecular complexity index is 328. The van der Waals surface area contributed by atoms with Crippen molar-refractivity contribution in [1.82, 2.24) is 9.97 Å². The predicted octanol–water partition coefficient (Wildman–Crippen LogP) is 1.13. The SMILES string of the molecule is CSc1cc(CC(=O)O)nc(C)n1. The lowest BCUT2D eigenvalue weighted by Gasteiger charge is -2.01. The Labute approximate surface area is 80.4 Å². The molecule has 0 amide bonds. The number of aryl methyl sites for hydroxylation is 1. The van der Waals surface area contributed by atoms with Gasteiger partial charge in [-0.05, 0) is 19.2 Å². The molecule has 1 N–H and O–H groups in total. The molecule has 1 aromatic heterocycles. The standard InChI is InChI=1S/C8H10N2O2S/c1-5-9-6(4-8(11)12)3-7(10-5)13-2/h3H,4H2,1-2H3,(H,11,12). The van der Waals surface area contributed by atoms with E-state index in [1.54, 1.807) is 13.0 Å². The van der Waals surface area contributed by atoms with E-state index < -0.39 is 5.97 Å². The van der Waals surface area contributed by atoms with E-state index in [1.807, 2.05) is 6.26 Å². The minimum Gasteiger partial charge on any atom is -0.481 e. The first-order valence-electron chi connectivity index (χ1n) is 3.72. The summed E-state index contributed by atoms with van der Waals surface area (Å²) < 4.78 is 0. The van der Waals surface area contributed by atoms with Crippen LogP contribution in [-0.4, -0.2) is 27.3 Å². The third-order valence-corrected chi connectivity index (χ3v) is 2.04. The number of aromatic nitrogens is 2. The second-order valence-electron chi connectivity index (χ2n) is 2.52. The first-order chi connectivity index (χ1) is 6.11. The monoisotopic (exact) mass is 198 g/mol. The second kappa shape index (κ2) is 4.23. The van der Waals surface area contributed by atoms with Gasteiger partial charge in [-0.3, -0.25) is 4.79 Å². The van der Waals surface area contributed by atoms with Crippen molar-refractivity contribution < 1.29 is 9.90 Å². The average Bonchev–Trinajstić information content (AvgIpc) is 2.01. The Hall–Kier alpha value is -1.10. The number of nitrogens with zero attached hydrogens (tertiary/aromatic N) is 2. The number of carboxylic acid groups (broad SMARTS) is 1. The van der Waals surface area contributed by atoms with Crippen molar-refractivity contribution in [1.29, 1.82) is 0 Å². The van der Waals surface area contributed by atoms with Gasteiger partial charge in [0.1, 0.15) is 5.82 Å². The smallest absolute Gasteiger partial charge is 0.309 e. The summed E-state index contributed by atoms with van der Waals surface area (Å²) in [6.45, 7) is 1.76. The fourth-order valence-electron chi connectivity index (χ4n) is 0.949. The predicted molar refractivity (Wildman–Crippen MR) is 49.9 cm³/mol. The molecule has 1 heterocycles. The molecule has 5 heteroatoms. The zero-order valence-corrected chi connectivity index (χ0v) is 8.26. The van der Waals surface area contributed by atoms with Crippen molar-refractivity contribution in [2.45, 2.75) is 18.4 Å². The highest BCUT2D eigenvalue weighted by Gasteiger charge is 2.04. The molecule has 0 aliphatic heterocycles. The third-order valence-electron chi connectivity index (χ3n) is 1.41. The Balaban J connectivity index is 2.94. The van der Waals surface area contributed by atoms with Gasteiger partial charge in [0.15, 0.2) is 0 Å². The van der Waals surface area contributed by atoms with Crippen LogP contribution in [0.2, 0.25) is 0 Å². The topological polar surface area (TPSA) is 63.1 Å². The minimum absolute atomic E-state index is 0.0447. The number of hydrogen-bond acceptors (Lipinski definition) is 4. The van der Waals surface area contributed by atoms with Gasteiger partial charge < -0.3 is 5.11 Å². The summed E-state index contributed by atoms with van der Waals surface area (Å²) in [6.07, 6.45) is 1.85. The molecule has 13 heavy (non-hydrogen) atoms. The molecule has 0 spiro atoms. The lowest BCUT2D eigenvalue weighted by Crippen LogP contribution is -2.04. The van der Waals surface area contributed by atoms with Crippen molar-refractivity contribution in [2.75, 3.05) is 6.26 Å². The molecular formula is C8H10N2O2S. The fourth-order valence-corrected chi connectivity index (χ4v) is 1.43. The molecule has 0 aliphatic rings. The zero-order valence-electron chi connectivity index (χ0n) is 7.44. The molecule has 0 aromatic carbocycles. The lowest BCUT2D eigenvalue weighted by atomic mass is 10.3. The van der Waals surface area contributed by atoms with Gasteiger partial charge in [-0.1, -0.05) is 0 Å². The number of thioether (sulfide) groups is 1. The van der Waals surface area contributed by atoms with Gasteiger partial charge in [-0.25, -0.2) is 9.97 Å². The molecule has 0 aliphatic carbocycles. The molecule has 0 saturated heterocycles.